The Morgan fingerprint density at radius 2 is 2.20 bits per heavy atom. The molecule has 1 heterocycles. The molecular weight excluding hydrogens is 192 g/mol. The van der Waals surface area contributed by atoms with Crippen LogP contribution >= 0.6 is 0 Å². The third kappa shape index (κ3) is 3.06. The van der Waals surface area contributed by atoms with E-state index < -0.39 is 0 Å². The first-order chi connectivity index (χ1) is 7.19. The molecule has 2 N–H and O–H groups in total. The van der Waals surface area contributed by atoms with Crippen molar-refractivity contribution >= 4 is 11.6 Å². The Kier molecular flexibility index (Phi) is 4.30. The van der Waals surface area contributed by atoms with Crippen LogP contribution in [0.4, 0.5) is 11.6 Å². The summed E-state index contributed by atoms with van der Waals surface area (Å²) in [5.41, 5.74) is 0. The monoisotopic (exact) mass is 210 g/mol. The molecule has 0 aliphatic carbocycles. The van der Waals surface area contributed by atoms with Crippen molar-refractivity contribution in [2.45, 2.75) is 19.9 Å². The maximum absolute atomic E-state index is 8.97. The Balaban J connectivity index is 2.89. The summed E-state index contributed by atoms with van der Waals surface area (Å²) in [5, 5.41) is 11.9. The Bertz CT molecular complexity index is 303. The van der Waals surface area contributed by atoms with Gasteiger partial charge in [0.1, 0.15) is 18.0 Å². The van der Waals surface area contributed by atoms with Gasteiger partial charge in [-0.25, -0.2) is 9.97 Å². The fraction of sp³-hybridized carbons (Fsp3) is 0.600. The first-order valence-corrected chi connectivity index (χ1v) is 5.06. The van der Waals surface area contributed by atoms with Gasteiger partial charge in [-0.3, -0.25) is 0 Å². The standard InChI is InChI=1S/C10H18N4O/c1-8(2)14(4-5-15)10-6-9(11-3)12-7-13-10/h6-8,15H,4-5H2,1-3H3,(H,11,12,13). The van der Waals surface area contributed by atoms with Gasteiger partial charge in [0.25, 0.3) is 0 Å². The van der Waals surface area contributed by atoms with Gasteiger partial charge in [0.15, 0.2) is 0 Å². The minimum Gasteiger partial charge on any atom is -0.395 e. The van der Waals surface area contributed by atoms with Gasteiger partial charge in [-0.2, -0.15) is 0 Å². The second-order valence-corrected chi connectivity index (χ2v) is 3.52. The highest BCUT2D eigenvalue weighted by Gasteiger charge is 2.11. The van der Waals surface area contributed by atoms with Gasteiger partial charge < -0.3 is 15.3 Å². The molecule has 0 saturated carbocycles. The van der Waals surface area contributed by atoms with Gasteiger partial charge in [-0.05, 0) is 13.8 Å². The highest BCUT2D eigenvalue weighted by molar-refractivity contribution is 5.48. The summed E-state index contributed by atoms with van der Waals surface area (Å²) in [6.45, 7) is 4.84. The molecule has 0 spiro atoms. The van der Waals surface area contributed by atoms with Crippen LogP contribution in [-0.4, -0.2) is 41.3 Å². The lowest BCUT2D eigenvalue weighted by atomic mass is 10.3. The van der Waals surface area contributed by atoms with Crippen LogP contribution in [-0.2, 0) is 0 Å². The minimum absolute atomic E-state index is 0.122. The second-order valence-electron chi connectivity index (χ2n) is 3.52. The number of aliphatic hydroxyl groups excluding tert-OH is 1. The molecule has 5 heteroatoms. The van der Waals surface area contributed by atoms with E-state index in [1.165, 1.54) is 6.33 Å². The van der Waals surface area contributed by atoms with E-state index in [4.69, 9.17) is 5.11 Å². The van der Waals surface area contributed by atoms with Gasteiger partial charge in [-0.1, -0.05) is 0 Å². The number of aliphatic hydroxyl groups is 1. The lowest BCUT2D eigenvalue weighted by molar-refractivity contribution is 0.298. The zero-order chi connectivity index (χ0) is 11.3. The topological polar surface area (TPSA) is 61.3 Å². The number of hydrogen-bond donors (Lipinski definition) is 2. The fourth-order valence-electron chi connectivity index (χ4n) is 1.39. The van der Waals surface area contributed by atoms with Crippen molar-refractivity contribution in [2.24, 2.45) is 0 Å². The molecule has 0 radical (unpaired) electrons. The summed E-state index contributed by atoms with van der Waals surface area (Å²) in [7, 11) is 1.82. The molecule has 15 heavy (non-hydrogen) atoms. The van der Waals surface area contributed by atoms with Crippen molar-refractivity contribution in [3.05, 3.63) is 12.4 Å². The number of aromatic nitrogens is 2. The molecule has 0 saturated heterocycles. The van der Waals surface area contributed by atoms with Gasteiger partial charge in [0, 0.05) is 25.7 Å². The van der Waals surface area contributed by atoms with Crippen LogP contribution in [0.1, 0.15) is 13.8 Å². The van der Waals surface area contributed by atoms with Crippen molar-refractivity contribution in [1.82, 2.24) is 9.97 Å². The van der Waals surface area contributed by atoms with Crippen LogP contribution in [0.3, 0.4) is 0 Å². The van der Waals surface area contributed by atoms with Crippen molar-refractivity contribution in [2.75, 3.05) is 30.4 Å². The molecule has 84 valence electrons. The van der Waals surface area contributed by atoms with Crippen LogP contribution in [0, 0.1) is 0 Å². The smallest absolute Gasteiger partial charge is 0.134 e. The normalized spacial score (nSPS) is 10.5. The Labute approximate surface area is 90.2 Å². The summed E-state index contributed by atoms with van der Waals surface area (Å²) in [6.07, 6.45) is 1.52. The Morgan fingerprint density at radius 3 is 2.73 bits per heavy atom. The minimum atomic E-state index is 0.122. The molecule has 0 atom stereocenters. The molecule has 1 rings (SSSR count). The van der Waals surface area contributed by atoms with E-state index in [9.17, 15) is 0 Å². The lowest BCUT2D eigenvalue weighted by Crippen LogP contribution is -2.34. The highest BCUT2D eigenvalue weighted by atomic mass is 16.3. The predicted octanol–water partition coefficient (Wildman–Crippen LogP) is 0.725. The van der Waals surface area contributed by atoms with Gasteiger partial charge >= 0.3 is 0 Å². The second kappa shape index (κ2) is 5.50. The van der Waals surface area contributed by atoms with E-state index in [-0.39, 0.29) is 6.61 Å². The number of hydrogen-bond acceptors (Lipinski definition) is 5. The summed E-state index contributed by atoms with van der Waals surface area (Å²) < 4.78 is 0. The average Bonchev–Trinajstić information content (AvgIpc) is 2.25. The van der Waals surface area contributed by atoms with Crippen molar-refractivity contribution in [3.8, 4) is 0 Å². The fourth-order valence-corrected chi connectivity index (χ4v) is 1.39. The molecule has 0 aromatic carbocycles. The molecule has 0 fully saturated rings. The average molecular weight is 210 g/mol. The van der Waals surface area contributed by atoms with Gasteiger partial charge in [-0.15, -0.1) is 0 Å². The molecule has 0 aliphatic heterocycles. The van der Waals surface area contributed by atoms with Crippen LogP contribution in [0.5, 0.6) is 0 Å². The summed E-state index contributed by atoms with van der Waals surface area (Å²) >= 11 is 0. The van der Waals surface area contributed by atoms with Crippen LogP contribution in [0.25, 0.3) is 0 Å². The van der Waals surface area contributed by atoms with E-state index in [1.807, 2.05) is 18.0 Å². The molecular formula is C10H18N4O. The zero-order valence-corrected chi connectivity index (χ0v) is 9.44. The Morgan fingerprint density at radius 1 is 1.47 bits per heavy atom. The lowest BCUT2D eigenvalue weighted by Gasteiger charge is -2.26. The number of rotatable bonds is 5. The maximum atomic E-state index is 8.97. The largest absolute Gasteiger partial charge is 0.395 e. The molecule has 0 amide bonds. The van der Waals surface area contributed by atoms with E-state index >= 15 is 0 Å². The van der Waals surface area contributed by atoms with E-state index in [0.717, 1.165) is 11.6 Å². The van der Waals surface area contributed by atoms with E-state index in [0.29, 0.717) is 12.6 Å². The summed E-state index contributed by atoms with van der Waals surface area (Å²) in [4.78, 5) is 10.3. The molecule has 0 aliphatic rings. The molecule has 1 aromatic rings. The SMILES string of the molecule is CNc1cc(N(CCO)C(C)C)ncn1. The quantitative estimate of drug-likeness (QED) is 0.750. The maximum Gasteiger partial charge on any atom is 0.134 e. The van der Waals surface area contributed by atoms with Crippen LogP contribution in [0.15, 0.2) is 12.4 Å². The van der Waals surface area contributed by atoms with E-state index in [1.54, 1.807) is 0 Å². The van der Waals surface area contributed by atoms with Crippen LogP contribution in [0.2, 0.25) is 0 Å². The summed E-state index contributed by atoms with van der Waals surface area (Å²) in [6, 6.07) is 2.17. The molecule has 1 aromatic heterocycles. The van der Waals surface area contributed by atoms with Crippen molar-refractivity contribution in [1.29, 1.82) is 0 Å². The first kappa shape index (κ1) is 11.7. The molecule has 0 bridgehead atoms. The van der Waals surface area contributed by atoms with Crippen LogP contribution < -0.4 is 10.2 Å². The zero-order valence-electron chi connectivity index (χ0n) is 9.44. The number of anilines is 2. The molecule has 0 unspecified atom stereocenters. The third-order valence-electron chi connectivity index (χ3n) is 2.17. The van der Waals surface area contributed by atoms with Gasteiger partial charge in [0.05, 0.1) is 6.61 Å². The van der Waals surface area contributed by atoms with E-state index in [2.05, 4.69) is 29.1 Å². The third-order valence-corrected chi connectivity index (χ3v) is 2.17. The number of nitrogens with one attached hydrogen (secondary N) is 1. The van der Waals surface area contributed by atoms with Gasteiger partial charge in [0.2, 0.25) is 0 Å². The van der Waals surface area contributed by atoms with Crippen molar-refractivity contribution in [3.63, 3.8) is 0 Å². The predicted molar refractivity (Wildman–Crippen MR) is 61.1 cm³/mol. The Hall–Kier alpha value is -1.36. The highest BCUT2D eigenvalue weighted by Crippen LogP contribution is 2.15. The molecule has 5 nitrogen and oxygen atoms in total. The van der Waals surface area contributed by atoms with Crippen molar-refractivity contribution < 1.29 is 5.11 Å². The number of nitrogens with zero attached hydrogens (tertiary/aromatic N) is 3. The summed E-state index contributed by atoms with van der Waals surface area (Å²) in [5.74, 6) is 1.61. The first-order valence-electron chi connectivity index (χ1n) is 5.06.